The van der Waals surface area contributed by atoms with Crippen LogP contribution in [0.25, 0.3) is 0 Å². The minimum absolute atomic E-state index is 0.344. The van der Waals surface area contributed by atoms with Crippen LogP contribution in [0.2, 0.25) is 0 Å². The molecular formula is C7H10ClF3N2O2. The average Bonchev–Trinajstić information content (AvgIpc) is 2.00. The first-order valence-electron chi connectivity index (χ1n) is 3.90. The molecule has 0 aromatic carbocycles. The van der Waals surface area contributed by atoms with Gasteiger partial charge in [0.1, 0.15) is 11.9 Å². The van der Waals surface area contributed by atoms with Crippen LogP contribution in [0.5, 0.6) is 0 Å². The van der Waals surface area contributed by atoms with Crippen LogP contribution in [0, 0.1) is 0 Å². The third-order valence-corrected chi connectivity index (χ3v) is 1.55. The van der Waals surface area contributed by atoms with Crippen molar-refractivity contribution in [1.82, 2.24) is 10.2 Å². The van der Waals surface area contributed by atoms with Gasteiger partial charge < -0.3 is 4.90 Å². The van der Waals surface area contributed by atoms with E-state index in [-0.39, 0.29) is 0 Å². The fourth-order valence-corrected chi connectivity index (χ4v) is 0.696. The van der Waals surface area contributed by atoms with Crippen molar-refractivity contribution in [2.45, 2.75) is 18.5 Å². The highest BCUT2D eigenvalue weighted by molar-refractivity contribution is 6.31. The van der Waals surface area contributed by atoms with Crippen LogP contribution in [-0.4, -0.2) is 42.0 Å². The Bertz CT molecular complexity index is 255. The fraction of sp³-hybridized carbons (Fsp3) is 0.714. The summed E-state index contributed by atoms with van der Waals surface area (Å²) in [5, 5.41) is 0.739. The Morgan fingerprint density at radius 1 is 1.47 bits per heavy atom. The van der Waals surface area contributed by atoms with Crippen molar-refractivity contribution in [3.63, 3.8) is 0 Å². The second-order valence-electron chi connectivity index (χ2n) is 2.88. The van der Waals surface area contributed by atoms with Crippen molar-refractivity contribution in [3.8, 4) is 0 Å². The first-order valence-corrected chi connectivity index (χ1v) is 4.34. The molecule has 0 aliphatic rings. The van der Waals surface area contributed by atoms with Crippen molar-refractivity contribution < 1.29 is 22.8 Å². The van der Waals surface area contributed by atoms with Crippen molar-refractivity contribution in [3.05, 3.63) is 0 Å². The molecule has 15 heavy (non-hydrogen) atoms. The Morgan fingerprint density at radius 2 is 1.93 bits per heavy atom. The average molecular weight is 247 g/mol. The molecule has 0 bridgehead atoms. The molecular weight excluding hydrogens is 237 g/mol. The molecule has 3 amide bonds. The predicted octanol–water partition coefficient (Wildman–Crippen LogP) is 1.34. The lowest BCUT2D eigenvalue weighted by Crippen LogP contribution is -2.46. The molecule has 0 aromatic rings. The lowest BCUT2D eigenvalue weighted by atomic mass is 10.4. The summed E-state index contributed by atoms with van der Waals surface area (Å²) in [4.78, 5) is 22.2. The molecule has 0 radical (unpaired) electrons. The zero-order valence-corrected chi connectivity index (χ0v) is 8.82. The number of amides is 3. The van der Waals surface area contributed by atoms with Gasteiger partial charge >= 0.3 is 12.2 Å². The van der Waals surface area contributed by atoms with E-state index in [9.17, 15) is 22.8 Å². The molecule has 8 heteroatoms. The van der Waals surface area contributed by atoms with Crippen molar-refractivity contribution >= 4 is 23.5 Å². The molecule has 0 saturated carbocycles. The van der Waals surface area contributed by atoms with Crippen molar-refractivity contribution in [2.24, 2.45) is 0 Å². The number of urea groups is 1. The number of hydrogen-bond acceptors (Lipinski definition) is 2. The van der Waals surface area contributed by atoms with E-state index in [1.807, 2.05) is 0 Å². The monoisotopic (exact) mass is 246 g/mol. The maximum absolute atomic E-state index is 11.8. The van der Waals surface area contributed by atoms with E-state index in [4.69, 9.17) is 11.6 Å². The fourth-order valence-electron chi connectivity index (χ4n) is 0.641. The topological polar surface area (TPSA) is 49.4 Å². The van der Waals surface area contributed by atoms with E-state index >= 15 is 0 Å². The molecule has 0 aliphatic heterocycles. The smallest absolute Gasteiger partial charge is 0.318 e. The highest BCUT2D eigenvalue weighted by Crippen LogP contribution is 2.15. The number of carbonyl (C=O) groups is 2. The molecule has 0 heterocycles. The second-order valence-corrected chi connectivity index (χ2v) is 3.54. The molecule has 88 valence electrons. The summed E-state index contributed by atoms with van der Waals surface area (Å²) in [5.41, 5.74) is 0. The number of nitrogens with zero attached hydrogens (tertiary/aromatic N) is 1. The van der Waals surface area contributed by atoms with Crippen LogP contribution >= 0.6 is 11.6 Å². The minimum Gasteiger partial charge on any atom is -0.318 e. The molecule has 0 rings (SSSR count). The second kappa shape index (κ2) is 5.20. The number of alkyl halides is 4. The third-order valence-electron chi connectivity index (χ3n) is 1.35. The van der Waals surface area contributed by atoms with Crippen LogP contribution in [0.4, 0.5) is 18.0 Å². The van der Waals surface area contributed by atoms with E-state index in [0.29, 0.717) is 4.90 Å². The highest BCUT2D eigenvalue weighted by atomic mass is 35.5. The first-order chi connectivity index (χ1) is 6.63. The van der Waals surface area contributed by atoms with Crippen LogP contribution in [0.1, 0.15) is 6.92 Å². The normalized spacial score (nSPS) is 13.2. The number of imide groups is 1. The molecule has 0 fully saturated rings. The summed E-state index contributed by atoms with van der Waals surface area (Å²) in [6.07, 6.45) is -4.50. The predicted molar refractivity (Wildman–Crippen MR) is 47.5 cm³/mol. The van der Waals surface area contributed by atoms with E-state index in [2.05, 4.69) is 0 Å². The minimum atomic E-state index is -4.50. The summed E-state index contributed by atoms with van der Waals surface area (Å²) in [7, 11) is 0.926. The summed E-state index contributed by atoms with van der Waals surface area (Å²) in [6.45, 7) is -0.128. The summed E-state index contributed by atoms with van der Waals surface area (Å²) < 4.78 is 35.5. The molecule has 0 aliphatic carbocycles. The molecule has 1 unspecified atom stereocenters. The van der Waals surface area contributed by atoms with Crippen LogP contribution in [0.15, 0.2) is 0 Å². The molecule has 1 N–H and O–H groups in total. The lowest BCUT2D eigenvalue weighted by molar-refractivity contribution is -0.138. The molecule has 0 aromatic heterocycles. The van der Waals surface area contributed by atoms with Gasteiger partial charge in [0.2, 0.25) is 5.91 Å². The van der Waals surface area contributed by atoms with Crippen molar-refractivity contribution in [2.75, 3.05) is 13.6 Å². The molecule has 0 saturated heterocycles. The quantitative estimate of drug-likeness (QED) is 0.748. The molecule has 1 atom stereocenters. The zero-order valence-electron chi connectivity index (χ0n) is 8.06. The number of nitrogens with one attached hydrogen (secondary N) is 1. The van der Waals surface area contributed by atoms with Gasteiger partial charge in [-0.15, -0.1) is 11.6 Å². The Balaban J connectivity index is 4.17. The number of carbonyl (C=O) groups excluding carboxylic acids is 2. The van der Waals surface area contributed by atoms with Gasteiger partial charge in [-0.05, 0) is 6.92 Å². The van der Waals surface area contributed by atoms with Crippen LogP contribution in [0.3, 0.4) is 0 Å². The summed E-state index contributed by atoms with van der Waals surface area (Å²) >= 11 is 5.31. The van der Waals surface area contributed by atoms with Gasteiger partial charge in [0.05, 0.1) is 0 Å². The van der Waals surface area contributed by atoms with Gasteiger partial charge in [-0.3, -0.25) is 10.1 Å². The Hall–Kier alpha value is -0.980. The SMILES string of the molecule is CC(Cl)C(=O)NC(=O)N(C)CC(F)(F)F. The largest absolute Gasteiger partial charge is 0.406 e. The molecule has 4 nitrogen and oxygen atoms in total. The van der Waals surface area contributed by atoms with E-state index in [0.717, 1.165) is 7.05 Å². The van der Waals surface area contributed by atoms with Gasteiger partial charge in [-0.1, -0.05) is 0 Å². The van der Waals surface area contributed by atoms with E-state index in [1.165, 1.54) is 6.92 Å². The first kappa shape index (κ1) is 14.0. The van der Waals surface area contributed by atoms with Crippen molar-refractivity contribution in [1.29, 1.82) is 0 Å². The van der Waals surface area contributed by atoms with Gasteiger partial charge in [0, 0.05) is 7.05 Å². The summed E-state index contributed by atoms with van der Waals surface area (Å²) in [5.74, 6) is -0.837. The van der Waals surface area contributed by atoms with Crippen LogP contribution < -0.4 is 5.32 Å². The maximum atomic E-state index is 11.8. The zero-order chi connectivity index (χ0) is 12.2. The van der Waals surface area contributed by atoms with Gasteiger partial charge in [-0.2, -0.15) is 13.2 Å². The number of rotatable bonds is 2. The third kappa shape index (κ3) is 6.16. The highest BCUT2D eigenvalue weighted by Gasteiger charge is 2.31. The van der Waals surface area contributed by atoms with Gasteiger partial charge in [0.25, 0.3) is 0 Å². The Labute approximate surface area is 89.4 Å². The van der Waals surface area contributed by atoms with E-state index < -0.39 is 30.0 Å². The van der Waals surface area contributed by atoms with Crippen LogP contribution in [-0.2, 0) is 4.79 Å². The summed E-state index contributed by atoms with van der Waals surface area (Å²) in [6, 6.07) is -1.13. The van der Waals surface area contributed by atoms with E-state index in [1.54, 1.807) is 5.32 Å². The van der Waals surface area contributed by atoms with Gasteiger partial charge in [-0.25, -0.2) is 4.79 Å². The Morgan fingerprint density at radius 3 is 2.27 bits per heavy atom. The lowest BCUT2D eigenvalue weighted by Gasteiger charge is -2.19. The van der Waals surface area contributed by atoms with Gasteiger partial charge in [0.15, 0.2) is 0 Å². The maximum Gasteiger partial charge on any atom is 0.406 e. The molecule has 0 spiro atoms. The standard InChI is InChI=1S/C7H10ClF3N2O2/c1-4(8)5(14)12-6(15)13(2)3-7(9,10)11/h4H,3H2,1-2H3,(H,12,14,15). The number of hydrogen-bond donors (Lipinski definition) is 1. The Kier molecular flexibility index (Phi) is 4.86. The number of halogens is 4.